The molecule has 1 aliphatic heterocycles. The summed E-state index contributed by atoms with van der Waals surface area (Å²) in [4.78, 5) is 1.91. The van der Waals surface area contributed by atoms with E-state index >= 15 is 0 Å². The lowest BCUT2D eigenvalue weighted by atomic mass is 9.92. The van der Waals surface area contributed by atoms with Crippen LogP contribution in [0.15, 0.2) is 82.6 Å². The van der Waals surface area contributed by atoms with Crippen LogP contribution >= 0.6 is 12.6 Å². The summed E-state index contributed by atoms with van der Waals surface area (Å²) >= 11 is 4.25. The van der Waals surface area contributed by atoms with Gasteiger partial charge in [0.15, 0.2) is 0 Å². The minimum Gasteiger partial charge on any atom is -0.508 e. The van der Waals surface area contributed by atoms with Gasteiger partial charge in [0.1, 0.15) is 5.75 Å². The molecule has 1 atom stereocenters. The lowest BCUT2D eigenvalue weighted by Gasteiger charge is -2.42. The molecule has 14 heteroatoms. The number of rotatable bonds is 6. The molecule has 4 rings (SSSR count). The van der Waals surface area contributed by atoms with E-state index in [0.717, 1.165) is 12.1 Å². The van der Waals surface area contributed by atoms with Gasteiger partial charge >= 0.3 is 12.4 Å². The second-order valence-electron chi connectivity index (χ2n) is 9.30. The summed E-state index contributed by atoms with van der Waals surface area (Å²) in [6.07, 6.45) is -11.8. The first kappa shape index (κ1) is 30.0. The average molecular weight is 607 g/mol. The molecule has 0 saturated carbocycles. The first-order chi connectivity index (χ1) is 18.6. The third-order valence-electron chi connectivity index (χ3n) is 6.75. The molecule has 40 heavy (non-hydrogen) atoms. The first-order valence-electron chi connectivity index (χ1n) is 11.8. The predicted molar refractivity (Wildman–Crippen MR) is 138 cm³/mol. The van der Waals surface area contributed by atoms with E-state index in [1.165, 1.54) is 28.6 Å². The molecular formula is C26H24F6N2O4S2. The standard InChI is InChI=1S/C26H24F6N2O4S2/c27-25(28,29)24(36,26(30,31)32)18-8-10-19(11-9-18)34-13-12-33(40(37,38)23-7-2-1-6-22(23)39)16-20(34)14-17-4-3-5-21(35)15-17/h1-11,15,20,35-36,39H,12-14,16H2/t20-/m1/s1. The summed E-state index contributed by atoms with van der Waals surface area (Å²) < 4.78 is 108. The second-order valence-corrected chi connectivity index (χ2v) is 11.7. The number of aromatic hydroxyl groups is 1. The van der Waals surface area contributed by atoms with Crippen molar-refractivity contribution in [1.82, 2.24) is 4.31 Å². The van der Waals surface area contributed by atoms with Gasteiger partial charge in [-0.3, -0.25) is 0 Å². The van der Waals surface area contributed by atoms with Crippen molar-refractivity contribution in [1.29, 1.82) is 0 Å². The van der Waals surface area contributed by atoms with E-state index in [0.29, 0.717) is 17.7 Å². The van der Waals surface area contributed by atoms with Crippen molar-refractivity contribution in [2.75, 3.05) is 24.5 Å². The molecule has 3 aromatic rings. The van der Waals surface area contributed by atoms with Gasteiger partial charge in [-0.15, -0.1) is 12.6 Å². The Morgan fingerprint density at radius 3 is 2.08 bits per heavy atom. The highest BCUT2D eigenvalue weighted by Gasteiger charge is 2.71. The summed E-state index contributed by atoms with van der Waals surface area (Å²) in [5.41, 5.74) is -5.60. The molecule has 1 heterocycles. The number of nitrogens with zero attached hydrogens (tertiary/aromatic N) is 2. The molecule has 3 aromatic carbocycles. The molecule has 0 aliphatic carbocycles. The molecule has 1 fully saturated rings. The smallest absolute Gasteiger partial charge is 0.430 e. The molecule has 0 spiro atoms. The predicted octanol–water partition coefficient (Wildman–Crippen LogP) is 5.12. The van der Waals surface area contributed by atoms with E-state index in [1.807, 2.05) is 0 Å². The fourth-order valence-corrected chi connectivity index (χ4v) is 6.77. The van der Waals surface area contributed by atoms with Gasteiger partial charge < -0.3 is 15.1 Å². The van der Waals surface area contributed by atoms with Crippen molar-refractivity contribution < 1.29 is 45.0 Å². The Morgan fingerprint density at radius 2 is 1.50 bits per heavy atom. The van der Waals surface area contributed by atoms with Gasteiger partial charge in [0, 0.05) is 41.8 Å². The largest absolute Gasteiger partial charge is 0.508 e. The normalized spacial score (nSPS) is 17.7. The number of phenolic OH excluding ortho intramolecular Hbond substituents is 1. The minimum absolute atomic E-state index is 0.00849. The number of thiol groups is 1. The average Bonchev–Trinajstić information content (AvgIpc) is 2.87. The number of anilines is 1. The molecule has 1 aliphatic rings. The van der Waals surface area contributed by atoms with E-state index in [1.54, 1.807) is 29.2 Å². The number of alkyl halides is 6. The van der Waals surface area contributed by atoms with Gasteiger partial charge in [-0.05, 0) is 48.4 Å². The lowest BCUT2D eigenvalue weighted by Crippen LogP contribution is -2.56. The fourth-order valence-electron chi connectivity index (χ4n) is 4.71. The number of phenols is 1. The Morgan fingerprint density at radius 1 is 0.875 bits per heavy atom. The van der Waals surface area contributed by atoms with Crippen LogP contribution < -0.4 is 4.90 Å². The van der Waals surface area contributed by atoms with Crippen LogP contribution in [-0.2, 0) is 22.0 Å². The quantitative estimate of drug-likeness (QED) is 0.268. The highest BCUT2D eigenvalue weighted by molar-refractivity contribution is 7.90. The number of benzene rings is 3. The molecule has 0 bridgehead atoms. The van der Waals surface area contributed by atoms with Crippen LogP contribution in [0.5, 0.6) is 5.75 Å². The number of sulfonamides is 1. The van der Waals surface area contributed by atoms with Gasteiger partial charge in [-0.2, -0.15) is 30.6 Å². The number of hydrogen-bond acceptors (Lipinski definition) is 6. The van der Waals surface area contributed by atoms with Crippen molar-refractivity contribution in [3.8, 4) is 5.75 Å². The zero-order valence-electron chi connectivity index (χ0n) is 20.6. The van der Waals surface area contributed by atoms with Crippen molar-refractivity contribution in [2.24, 2.45) is 0 Å². The van der Waals surface area contributed by atoms with Gasteiger partial charge in [-0.1, -0.05) is 36.4 Å². The maximum atomic E-state index is 13.4. The summed E-state index contributed by atoms with van der Waals surface area (Å²) in [6, 6.07) is 14.9. The topological polar surface area (TPSA) is 81.1 Å². The highest BCUT2D eigenvalue weighted by Crippen LogP contribution is 2.50. The molecular weight excluding hydrogens is 582 g/mol. The minimum atomic E-state index is -6.02. The Hall–Kier alpha value is -2.94. The van der Waals surface area contributed by atoms with Crippen LogP contribution in [0.4, 0.5) is 32.0 Å². The van der Waals surface area contributed by atoms with Gasteiger partial charge in [0.05, 0.1) is 4.90 Å². The zero-order valence-corrected chi connectivity index (χ0v) is 22.3. The zero-order chi connectivity index (χ0) is 29.5. The van der Waals surface area contributed by atoms with Crippen molar-refractivity contribution in [3.05, 3.63) is 83.9 Å². The van der Waals surface area contributed by atoms with Gasteiger partial charge in [0.2, 0.25) is 10.0 Å². The van der Waals surface area contributed by atoms with Crippen molar-refractivity contribution in [2.45, 2.75) is 40.2 Å². The van der Waals surface area contributed by atoms with Crippen LogP contribution in [0.1, 0.15) is 11.1 Å². The van der Waals surface area contributed by atoms with E-state index in [2.05, 4.69) is 12.6 Å². The summed E-state index contributed by atoms with van der Waals surface area (Å²) in [7, 11) is -3.99. The lowest BCUT2D eigenvalue weighted by molar-refractivity contribution is -0.376. The van der Waals surface area contributed by atoms with Crippen LogP contribution in [0.2, 0.25) is 0 Å². The fraction of sp³-hybridized carbons (Fsp3) is 0.308. The van der Waals surface area contributed by atoms with Crippen molar-refractivity contribution >= 4 is 28.3 Å². The SMILES string of the molecule is O=S(=O)(c1ccccc1S)N1CCN(c2ccc(C(O)(C(F)(F)F)C(F)(F)F)cc2)[C@H](Cc2cccc(O)c2)C1. The third kappa shape index (κ3) is 5.62. The molecule has 0 aromatic heterocycles. The molecule has 0 radical (unpaired) electrons. The Kier molecular flexibility index (Phi) is 8.11. The molecule has 1 saturated heterocycles. The Bertz CT molecular complexity index is 1450. The monoisotopic (exact) mass is 606 g/mol. The molecule has 6 nitrogen and oxygen atoms in total. The summed E-state index contributed by atoms with van der Waals surface area (Å²) in [5.74, 6) is -0.0312. The van der Waals surface area contributed by atoms with Gasteiger partial charge in [0.25, 0.3) is 5.60 Å². The number of hydrogen-bond donors (Lipinski definition) is 3. The third-order valence-corrected chi connectivity index (χ3v) is 9.21. The van der Waals surface area contributed by atoms with E-state index < -0.39 is 39.6 Å². The van der Waals surface area contributed by atoms with E-state index in [9.17, 15) is 45.0 Å². The Labute approximate surface area is 231 Å². The molecule has 0 amide bonds. The van der Waals surface area contributed by atoms with Crippen LogP contribution in [0.3, 0.4) is 0 Å². The van der Waals surface area contributed by atoms with E-state index in [-0.39, 0.29) is 47.3 Å². The Balaban J connectivity index is 1.69. The maximum absolute atomic E-state index is 13.4. The van der Waals surface area contributed by atoms with Crippen LogP contribution in [-0.4, -0.2) is 61.0 Å². The molecule has 2 N–H and O–H groups in total. The first-order valence-corrected chi connectivity index (χ1v) is 13.7. The molecule has 0 unspecified atom stereocenters. The van der Waals surface area contributed by atoms with Crippen molar-refractivity contribution in [3.63, 3.8) is 0 Å². The van der Waals surface area contributed by atoms with Crippen LogP contribution in [0.25, 0.3) is 0 Å². The summed E-state index contributed by atoms with van der Waals surface area (Å²) in [6.45, 7) is -0.0473. The maximum Gasteiger partial charge on any atom is 0.430 e. The number of piperazine rings is 1. The highest BCUT2D eigenvalue weighted by atomic mass is 32.2. The number of aliphatic hydroxyl groups is 1. The number of halogens is 6. The molecule has 216 valence electrons. The summed E-state index contributed by atoms with van der Waals surface area (Å²) in [5, 5.41) is 19.6. The van der Waals surface area contributed by atoms with Crippen LogP contribution in [0, 0.1) is 0 Å². The second kappa shape index (κ2) is 10.8. The van der Waals surface area contributed by atoms with E-state index in [4.69, 9.17) is 0 Å². The van der Waals surface area contributed by atoms with Gasteiger partial charge in [-0.25, -0.2) is 8.42 Å².